The van der Waals surface area contributed by atoms with Gasteiger partial charge in [0.1, 0.15) is 11.9 Å². The van der Waals surface area contributed by atoms with Crippen LogP contribution in [-0.4, -0.2) is 26.2 Å². The SMILES string of the molecule is CC1CC(C)(C)CC2(CC(=O)OC2CS(N)(=O)=O)C1. The van der Waals surface area contributed by atoms with Crippen molar-refractivity contribution in [2.45, 2.75) is 52.6 Å². The first-order chi connectivity index (χ1) is 8.51. The summed E-state index contributed by atoms with van der Waals surface area (Å²) in [5.41, 5.74) is -0.257. The van der Waals surface area contributed by atoms with Gasteiger partial charge in [0.05, 0.1) is 6.42 Å². The summed E-state index contributed by atoms with van der Waals surface area (Å²) in [7, 11) is -3.64. The maximum atomic E-state index is 11.7. The summed E-state index contributed by atoms with van der Waals surface area (Å²) in [6.45, 7) is 6.49. The number of hydrogen-bond acceptors (Lipinski definition) is 4. The molecule has 0 radical (unpaired) electrons. The van der Waals surface area contributed by atoms with Crippen LogP contribution in [0.1, 0.15) is 46.5 Å². The summed E-state index contributed by atoms with van der Waals surface area (Å²) < 4.78 is 28.0. The molecule has 110 valence electrons. The number of rotatable bonds is 2. The Morgan fingerprint density at radius 2 is 2.00 bits per heavy atom. The normalized spacial score (nSPS) is 38.4. The van der Waals surface area contributed by atoms with Crippen molar-refractivity contribution in [2.24, 2.45) is 21.9 Å². The summed E-state index contributed by atoms with van der Waals surface area (Å²) in [4.78, 5) is 11.7. The second-order valence-electron chi connectivity index (χ2n) is 7.20. The van der Waals surface area contributed by atoms with Crippen LogP contribution in [0.15, 0.2) is 0 Å². The highest BCUT2D eigenvalue weighted by Crippen LogP contribution is 2.55. The highest BCUT2D eigenvalue weighted by molar-refractivity contribution is 7.89. The van der Waals surface area contributed by atoms with E-state index in [-0.39, 0.29) is 22.6 Å². The Labute approximate surface area is 114 Å². The van der Waals surface area contributed by atoms with E-state index >= 15 is 0 Å². The fourth-order valence-electron chi connectivity index (χ4n) is 4.34. The van der Waals surface area contributed by atoms with Gasteiger partial charge < -0.3 is 4.74 Å². The van der Waals surface area contributed by atoms with E-state index in [0.29, 0.717) is 12.3 Å². The van der Waals surface area contributed by atoms with Gasteiger partial charge in [-0.15, -0.1) is 0 Å². The highest BCUT2D eigenvalue weighted by Gasteiger charge is 2.55. The van der Waals surface area contributed by atoms with E-state index < -0.39 is 16.1 Å². The molecule has 1 saturated heterocycles. The number of cyclic esters (lactones) is 1. The summed E-state index contributed by atoms with van der Waals surface area (Å²) in [6.07, 6.45) is 2.47. The van der Waals surface area contributed by atoms with Crippen molar-refractivity contribution in [3.05, 3.63) is 0 Å². The van der Waals surface area contributed by atoms with Gasteiger partial charge in [0.2, 0.25) is 10.0 Å². The van der Waals surface area contributed by atoms with Crippen LogP contribution < -0.4 is 5.14 Å². The van der Waals surface area contributed by atoms with E-state index in [1.165, 1.54) is 0 Å². The lowest BCUT2D eigenvalue weighted by molar-refractivity contribution is -0.141. The molecule has 19 heavy (non-hydrogen) atoms. The summed E-state index contributed by atoms with van der Waals surface area (Å²) in [6, 6.07) is 0. The van der Waals surface area contributed by atoms with E-state index in [4.69, 9.17) is 9.88 Å². The predicted molar refractivity (Wildman–Crippen MR) is 71.7 cm³/mol. The zero-order valence-corrected chi connectivity index (χ0v) is 12.6. The first-order valence-corrected chi connectivity index (χ1v) is 8.43. The number of carbonyl (C=O) groups is 1. The van der Waals surface area contributed by atoms with Gasteiger partial charge in [-0.05, 0) is 30.6 Å². The molecule has 2 N–H and O–H groups in total. The quantitative estimate of drug-likeness (QED) is 0.779. The van der Waals surface area contributed by atoms with Crippen molar-refractivity contribution >= 4 is 16.0 Å². The van der Waals surface area contributed by atoms with Gasteiger partial charge in [0.15, 0.2) is 0 Å². The molecule has 1 aliphatic heterocycles. The molecule has 1 heterocycles. The zero-order valence-electron chi connectivity index (χ0n) is 11.8. The van der Waals surface area contributed by atoms with E-state index in [9.17, 15) is 13.2 Å². The number of sulfonamides is 1. The minimum atomic E-state index is -3.64. The predicted octanol–water partition coefficient (Wildman–Crippen LogP) is 1.42. The second-order valence-corrected chi connectivity index (χ2v) is 8.86. The zero-order chi connectivity index (χ0) is 14.5. The first kappa shape index (κ1) is 14.8. The van der Waals surface area contributed by atoms with Crippen LogP contribution in [0.2, 0.25) is 0 Å². The summed E-state index contributed by atoms with van der Waals surface area (Å²) >= 11 is 0. The molecule has 3 atom stereocenters. The number of carbonyl (C=O) groups excluding carboxylic acids is 1. The lowest BCUT2D eigenvalue weighted by atomic mass is 9.58. The second kappa shape index (κ2) is 4.45. The van der Waals surface area contributed by atoms with Crippen LogP contribution in [0.5, 0.6) is 0 Å². The molecule has 1 spiro atoms. The van der Waals surface area contributed by atoms with Gasteiger partial charge in [-0.1, -0.05) is 20.8 Å². The molecule has 0 aromatic rings. The fraction of sp³-hybridized carbons (Fsp3) is 0.923. The third-order valence-electron chi connectivity index (χ3n) is 4.32. The van der Waals surface area contributed by atoms with Crippen LogP contribution in [-0.2, 0) is 19.6 Å². The standard InChI is InChI=1S/C13H23NO4S/c1-9-4-12(2,3)8-13(5-9)6-11(15)18-10(13)7-19(14,16)17/h9-10H,4-8H2,1-3H3,(H2,14,16,17). The lowest BCUT2D eigenvalue weighted by Gasteiger charge is -2.46. The van der Waals surface area contributed by atoms with Gasteiger partial charge in [-0.3, -0.25) is 4.79 Å². The van der Waals surface area contributed by atoms with Crippen LogP contribution in [0.3, 0.4) is 0 Å². The molecule has 1 aliphatic carbocycles. The lowest BCUT2D eigenvalue weighted by Crippen LogP contribution is -2.45. The average Bonchev–Trinajstić information content (AvgIpc) is 2.34. The van der Waals surface area contributed by atoms with Gasteiger partial charge in [-0.2, -0.15) is 0 Å². The number of hydrogen-bond donors (Lipinski definition) is 1. The van der Waals surface area contributed by atoms with Crippen LogP contribution in [0.25, 0.3) is 0 Å². The van der Waals surface area contributed by atoms with Gasteiger partial charge in [0.25, 0.3) is 0 Å². The maximum Gasteiger partial charge on any atom is 0.306 e. The molecular formula is C13H23NO4S. The van der Waals surface area contributed by atoms with Crippen molar-refractivity contribution in [1.82, 2.24) is 0 Å². The Bertz CT molecular complexity index is 485. The molecule has 2 rings (SSSR count). The summed E-state index contributed by atoms with van der Waals surface area (Å²) in [5, 5.41) is 5.13. The molecule has 0 bridgehead atoms. The molecule has 0 aromatic heterocycles. The maximum absolute atomic E-state index is 11.7. The molecule has 3 unspecified atom stereocenters. The Kier molecular flexibility index (Phi) is 3.46. The smallest absolute Gasteiger partial charge is 0.306 e. The van der Waals surface area contributed by atoms with Crippen LogP contribution in [0, 0.1) is 16.7 Å². The number of ether oxygens (including phenoxy) is 1. The van der Waals surface area contributed by atoms with E-state index in [1.54, 1.807) is 0 Å². The monoisotopic (exact) mass is 289 g/mol. The van der Waals surface area contributed by atoms with Crippen LogP contribution in [0.4, 0.5) is 0 Å². The third-order valence-corrected chi connectivity index (χ3v) is 5.09. The first-order valence-electron chi connectivity index (χ1n) is 6.71. The third kappa shape index (κ3) is 3.28. The Morgan fingerprint density at radius 1 is 1.37 bits per heavy atom. The van der Waals surface area contributed by atoms with Crippen molar-refractivity contribution in [3.63, 3.8) is 0 Å². The van der Waals surface area contributed by atoms with Crippen molar-refractivity contribution in [3.8, 4) is 0 Å². The Hall–Kier alpha value is -0.620. The number of esters is 1. The number of nitrogens with two attached hydrogens (primary N) is 1. The van der Waals surface area contributed by atoms with Crippen molar-refractivity contribution < 1.29 is 17.9 Å². The van der Waals surface area contributed by atoms with Crippen molar-refractivity contribution in [1.29, 1.82) is 0 Å². The minimum Gasteiger partial charge on any atom is -0.461 e. The average molecular weight is 289 g/mol. The largest absolute Gasteiger partial charge is 0.461 e. The topological polar surface area (TPSA) is 86.5 Å². The minimum absolute atomic E-state index is 0.0995. The Morgan fingerprint density at radius 3 is 2.53 bits per heavy atom. The van der Waals surface area contributed by atoms with E-state index in [2.05, 4.69) is 20.8 Å². The molecule has 0 aromatic carbocycles. The molecule has 0 amide bonds. The Balaban J connectivity index is 2.30. The highest BCUT2D eigenvalue weighted by atomic mass is 32.2. The molecular weight excluding hydrogens is 266 g/mol. The van der Waals surface area contributed by atoms with Gasteiger partial charge in [0, 0.05) is 5.41 Å². The number of primary sulfonamides is 1. The summed E-state index contributed by atoms with van der Waals surface area (Å²) in [5.74, 6) is -0.0959. The molecule has 6 heteroatoms. The van der Waals surface area contributed by atoms with Crippen LogP contribution >= 0.6 is 0 Å². The van der Waals surface area contributed by atoms with E-state index in [1.807, 2.05) is 0 Å². The molecule has 5 nitrogen and oxygen atoms in total. The molecule has 2 fully saturated rings. The molecule has 1 saturated carbocycles. The van der Waals surface area contributed by atoms with Gasteiger partial charge in [-0.25, -0.2) is 13.6 Å². The van der Waals surface area contributed by atoms with Crippen molar-refractivity contribution in [2.75, 3.05) is 5.75 Å². The molecule has 2 aliphatic rings. The fourth-order valence-corrected chi connectivity index (χ4v) is 5.18. The van der Waals surface area contributed by atoms with Gasteiger partial charge >= 0.3 is 5.97 Å². The van der Waals surface area contributed by atoms with E-state index in [0.717, 1.165) is 19.3 Å².